The highest BCUT2D eigenvalue weighted by molar-refractivity contribution is 7.17. The van der Waals surface area contributed by atoms with Gasteiger partial charge in [-0.25, -0.2) is 9.97 Å². The predicted octanol–water partition coefficient (Wildman–Crippen LogP) is 18.6. The Kier molecular flexibility index (Phi) is 12.6. The summed E-state index contributed by atoms with van der Waals surface area (Å²) < 4.78 is 0. The van der Waals surface area contributed by atoms with Gasteiger partial charge < -0.3 is 0 Å². The van der Waals surface area contributed by atoms with Gasteiger partial charge in [0.15, 0.2) is 34.8 Å². The summed E-state index contributed by atoms with van der Waals surface area (Å²) >= 11 is 14.4. The molecule has 10 nitrogen and oxygen atoms in total. The number of ketones is 4. The summed E-state index contributed by atoms with van der Waals surface area (Å²) in [6.07, 6.45) is 5.51. The summed E-state index contributed by atoms with van der Waals surface area (Å²) in [4.78, 5) is 77.8. The maximum absolute atomic E-state index is 14.7. The Hall–Kier alpha value is -9.52. The van der Waals surface area contributed by atoms with Gasteiger partial charge in [-0.05, 0) is 196 Å². The molecule has 0 atom stereocenters. The van der Waals surface area contributed by atoms with Gasteiger partial charge in [0.25, 0.3) is 0 Å². The van der Waals surface area contributed by atoms with E-state index in [0.29, 0.717) is 45.2 Å². The topological polar surface area (TPSA) is 107 Å². The first-order chi connectivity index (χ1) is 40.9. The van der Waals surface area contributed by atoms with Crippen LogP contribution in [0.15, 0.2) is 198 Å². The third kappa shape index (κ3) is 8.59. The van der Waals surface area contributed by atoms with E-state index in [1.54, 1.807) is 24.3 Å². The van der Waals surface area contributed by atoms with Crippen molar-refractivity contribution in [2.75, 3.05) is 19.6 Å². The molecule has 2 aliphatic heterocycles. The number of aryl methyl sites for hydroxylation is 7. The number of aromatic nitrogens is 2. The standard InChI is InChI=1S/C72H52Cl2N6O4S/c1-37-25-40(4)64(41(5)26-37)79-60-30-44(8)85-72(60)80(65-42(6)27-38(2)28-43(65)7)61(79)24-22-51-66(81)52-32-46-20-19-45(31-48(46)33-53(52)67(51)82)47-21-23-58-59(34-47)76-71-70(75-58)77(49-15-11-9-12-16-49)62(78(71)50-17-13-10-14-18-50)29-39(3)63-68(83)54-35-56(73)57(74)36-55(54)69(63)84/h9-36H,1-8H3/b51-22-,61-24-,62-29-. The minimum atomic E-state index is -0.428. The van der Waals surface area contributed by atoms with Crippen LogP contribution >= 0.6 is 34.5 Å². The van der Waals surface area contributed by atoms with Crippen LogP contribution in [0.2, 0.25) is 10.0 Å². The average Bonchev–Trinajstić information content (AvgIpc) is 2.64. The van der Waals surface area contributed by atoms with Gasteiger partial charge in [-0.3, -0.25) is 38.8 Å². The first kappa shape index (κ1) is 53.5. The SMILES string of the molecule is CC(/C=C1/N(c2ccccc2)c2nc3ccc(-c4ccc5cc6c(cc5c4)C(=O)/C(=C\C=C4\N(c5c(C)cc(C)cc5C)c5cc(C)sc5N4c4c(C)cc(C)cc4C)C6=O)cc3nc2N1c1ccccc1)=C1C(=O)c2cc(Cl)c(Cl)cc2C1=O. The Balaban J connectivity index is 0.846. The number of thiophene rings is 1. The number of rotatable bonds is 7. The molecule has 2 aliphatic carbocycles. The number of fused-ring (bicyclic) bond motifs is 6. The van der Waals surface area contributed by atoms with Gasteiger partial charge in [-0.15, -0.1) is 11.3 Å². The van der Waals surface area contributed by atoms with Crippen molar-refractivity contribution < 1.29 is 19.2 Å². The van der Waals surface area contributed by atoms with E-state index in [1.807, 2.05) is 131 Å². The van der Waals surface area contributed by atoms with Crippen molar-refractivity contribution in [2.24, 2.45) is 0 Å². The summed E-state index contributed by atoms with van der Waals surface area (Å²) in [5.41, 5.74) is 16.3. The van der Waals surface area contributed by atoms with Crippen molar-refractivity contribution in [3.63, 3.8) is 0 Å². The zero-order valence-corrected chi connectivity index (χ0v) is 50.0. The van der Waals surface area contributed by atoms with Gasteiger partial charge >= 0.3 is 0 Å². The second-order valence-corrected chi connectivity index (χ2v) is 24.4. The molecular weight excluding hydrogens is 1120 g/mol. The van der Waals surface area contributed by atoms with Crippen molar-refractivity contribution in [2.45, 2.75) is 55.4 Å². The molecule has 4 heterocycles. The molecule has 85 heavy (non-hydrogen) atoms. The van der Waals surface area contributed by atoms with E-state index >= 15 is 0 Å². The van der Waals surface area contributed by atoms with E-state index in [-0.39, 0.29) is 43.9 Å². The van der Waals surface area contributed by atoms with E-state index in [9.17, 15) is 19.2 Å². The fraction of sp³-hybridized carbons (Fsp3) is 0.111. The normalized spacial score (nSPS) is 15.9. The van der Waals surface area contributed by atoms with E-state index in [1.165, 1.54) is 28.1 Å². The number of carbonyl (C=O) groups excluding carboxylic acids is 4. The molecule has 13 heteroatoms. The molecule has 0 saturated carbocycles. The molecule has 14 rings (SSSR count). The van der Waals surface area contributed by atoms with Gasteiger partial charge in [0.2, 0.25) is 0 Å². The second kappa shape index (κ2) is 20.1. The predicted molar refractivity (Wildman–Crippen MR) is 345 cm³/mol. The van der Waals surface area contributed by atoms with Gasteiger partial charge in [0, 0.05) is 38.5 Å². The highest BCUT2D eigenvalue weighted by Crippen LogP contribution is 2.57. The van der Waals surface area contributed by atoms with Crippen LogP contribution in [0.1, 0.15) is 86.6 Å². The van der Waals surface area contributed by atoms with Crippen LogP contribution in [-0.2, 0) is 0 Å². The molecule has 4 aliphatic rings. The first-order valence-electron chi connectivity index (χ1n) is 27.9. The lowest BCUT2D eigenvalue weighted by atomic mass is 9.97. The molecule has 0 radical (unpaired) electrons. The van der Waals surface area contributed by atoms with Crippen LogP contribution < -0.4 is 19.6 Å². The maximum atomic E-state index is 14.7. The minimum absolute atomic E-state index is 0.0258. The lowest BCUT2D eigenvalue weighted by Crippen LogP contribution is -2.24. The summed E-state index contributed by atoms with van der Waals surface area (Å²) in [6.45, 7) is 16.7. The molecular formula is C72H52Cl2N6O4S. The lowest BCUT2D eigenvalue weighted by molar-refractivity contribution is 0.0972. The molecule has 2 aromatic heterocycles. The number of Topliss-reactive ketones (excluding diaryl/α,β-unsaturated/α-hetero) is 4. The molecule has 0 spiro atoms. The highest BCUT2D eigenvalue weighted by atomic mass is 35.5. The minimum Gasteiger partial charge on any atom is -0.293 e. The smallest absolute Gasteiger partial charge is 0.198 e. The summed E-state index contributed by atoms with van der Waals surface area (Å²) in [5, 5.41) is 3.09. The van der Waals surface area contributed by atoms with Crippen molar-refractivity contribution in [1.29, 1.82) is 0 Å². The number of hydrogen-bond acceptors (Lipinski definition) is 11. The van der Waals surface area contributed by atoms with Crippen LogP contribution in [0.5, 0.6) is 0 Å². The molecule has 10 aromatic rings. The van der Waals surface area contributed by atoms with Crippen molar-refractivity contribution >= 4 is 125 Å². The van der Waals surface area contributed by atoms with Crippen molar-refractivity contribution in [3.05, 3.63) is 269 Å². The fourth-order valence-electron chi connectivity index (χ4n) is 12.9. The second-order valence-electron chi connectivity index (χ2n) is 22.4. The largest absolute Gasteiger partial charge is 0.293 e. The van der Waals surface area contributed by atoms with Gasteiger partial charge in [0.05, 0.1) is 49.3 Å². The van der Waals surface area contributed by atoms with Gasteiger partial charge in [-0.2, -0.15) is 0 Å². The molecule has 0 fully saturated rings. The Morgan fingerprint density at radius 2 is 0.965 bits per heavy atom. The zero-order chi connectivity index (χ0) is 59.0. The summed E-state index contributed by atoms with van der Waals surface area (Å²) in [7, 11) is 0. The molecule has 8 aromatic carbocycles. The van der Waals surface area contributed by atoms with E-state index < -0.39 is 11.6 Å². The third-order valence-corrected chi connectivity index (χ3v) is 18.2. The maximum Gasteiger partial charge on any atom is 0.198 e. The van der Waals surface area contributed by atoms with Crippen LogP contribution in [0, 0.1) is 48.5 Å². The Morgan fingerprint density at radius 1 is 0.471 bits per heavy atom. The molecule has 414 valence electrons. The number of para-hydroxylation sites is 2. The molecule has 0 amide bonds. The Morgan fingerprint density at radius 3 is 1.53 bits per heavy atom. The highest BCUT2D eigenvalue weighted by Gasteiger charge is 2.42. The van der Waals surface area contributed by atoms with Crippen LogP contribution in [0.4, 0.5) is 45.1 Å². The van der Waals surface area contributed by atoms with E-state index in [4.69, 9.17) is 33.2 Å². The number of anilines is 8. The van der Waals surface area contributed by atoms with Crippen LogP contribution in [0.3, 0.4) is 0 Å². The molecule has 0 saturated heterocycles. The van der Waals surface area contributed by atoms with Crippen LogP contribution in [0.25, 0.3) is 32.9 Å². The molecule has 0 N–H and O–H groups in total. The Labute approximate surface area is 505 Å². The van der Waals surface area contributed by atoms with Gasteiger partial charge in [-0.1, -0.05) is 113 Å². The Bertz CT molecular complexity index is 4650. The number of hydrogen-bond donors (Lipinski definition) is 0. The number of carbonyl (C=O) groups is 4. The molecule has 0 bridgehead atoms. The summed E-state index contributed by atoms with van der Waals surface area (Å²) in [6, 6.07) is 49.2. The van der Waals surface area contributed by atoms with Crippen molar-refractivity contribution in [1.82, 2.24) is 9.97 Å². The summed E-state index contributed by atoms with van der Waals surface area (Å²) in [5.74, 6) is 1.03. The first-order valence-corrected chi connectivity index (χ1v) is 29.5. The fourth-order valence-corrected chi connectivity index (χ4v) is 14.2. The van der Waals surface area contributed by atoms with E-state index in [0.717, 1.165) is 83.4 Å². The third-order valence-electron chi connectivity index (χ3n) is 16.4. The van der Waals surface area contributed by atoms with Crippen LogP contribution in [-0.4, -0.2) is 33.1 Å². The zero-order valence-electron chi connectivity index (χ0n) is 47.6. The average molecular weight is 1170 g/mol. The monoisotopic (exact) mass is 1170 g/mol. The molecule has 0 unspecified atom stereocenters. The van der Waals surface area contributed by atoms with E-state index in [2.05, 4.69) is 88.6 Å². The number of halogens is 2. The number of allylic oxidation sites excluding steroid dienone is 6. The number of benzene rings is 8. The lowest BCUT2D eigenvalue weighted by Gasteiger charge is -2.30. The van der Waals surface area contributed by atoms with Gasteiger partial charge in [0.1, 0.15) is 16.6 Å². The number of nitrogens with zero attached hydrogens (tertiary/aromatic N) is 6. The van der Waals surface area contributed by atoms with Crippen molar-refractivity contribution in [3.8, 4) is 11.1 Å². The quantitative estimate of drug-likeness (QED) is 0.113.